The second-order valence-corrected chi connectivity index (χ2v) is 6.04. The number of nitro benzene ring substituents is 1. The van der Waals surface area contributed by atoms with Crippen molar-refractivity contribution in [3.8, 4) is 0 Å². The molecule has 0 aliphatic carbocycles. The predicted molar refractivity (Wildman–Crippen MR) is 82.4 cm³/mol. The number of piperidine rings is 1. The molecule has 0 unspecified atom stereocenters. The van der Waals surface area contributed by atoms with Gasteiger partial charge in [-0.15, -0.1) is 0 Å². The summed E-state index contributed by atoms with van der Waals surface area (Å²) in [6.45, 7) is 2.18. The number of aryl methyl sites for hydroxylation is 1. The summed E-state index contributed by atoms with van der Waals surface area (Å²) < 4.78 is 0. The van der Waals surface area contributed by atoms with Crippen LogP contribution in [0, 0.1) is 17.0 Å². The van der Waals surface area contributed by atoms with Crippen molar-refractivity contribution in [2.24, 2.45) is 0 Å². The number of rotatable bonds is 2. The number of benzene rings is 1. The maximum atomic E-state index is 12.6. The fourth-order valence-electron chi connectivity index (χ4n) is 3.09. The van der Waals surface area contributed by atoms with Crippen molar-refractivity contribution in [2.75, 3.05) is 13.1 Å². The Kier molecular flexibility index (Phi) is 3.70. The quantitative estimate of drug-likeness (QED) is 0.469. The summed E-state index contributed by atoms with van der Waals surface area (Å²) in [5.41, 5.74) is -0.327. The van der Waals surface area contributed by atoms with Crippen LogP contribution in [0.25, 0.3) is 0 Å². The number of urea groups is 1. The van der Waals surface area contributed by atoms with Crippen molar-refractivity contribution in [3.05, 3.63) is 39.4 Å². The first-order chi connectivity index (χ1) is 11.3. The molecular formula is C15H16N4O5. The Morgan fingerprint density at radius 2 is 1.96 bits per heavy atom. The molecule has 0 aromatic heterocycles. The van der Waals surface area contributed by atoms with E-state index in [-0.39, 0.29) is 36.2 Å². The van der Waals surface area contributed by atoms with E-state index in [1.165, 1.54) is 11.0 Å². The van der Waals surface area contributed by atoms with Crippen LogP contribution in [0.3, 0.4) is 0 Å². The van der Waals surface area contributed by atoms with Crippen molar-refractivity contribution in [2.45, 2.75) is 25.3 Å². The second-order valence-electron chi connectivity index (χ2n) is 6.04. The molecule has 0 saturated carbocycles. The van der Waals surface area contributed by atoms with Crippen LogP contribution < -0.4 is 10.6 Å². The first-order valence-corrected chi connectivity index (χ1v) is 7.50. The van der Waals surface area contributed by atoms with Gasteiger partial charge in [-0.05, 0) is 25.8 Å². The minimum Gasteiger partial charge on any atom is -0.338 e. The van der Waals surface area contributed by atoms with E-state index in [4.69, 9.17) is 0 Å². The van der Waals surface area contributed by atoms with Crippen molar-refractivity contribution in [1.29, 1.82) is 0 Å². The van der Waals surface area contributed by atoms with Crippen LogP contribution in [-0.2, 0) is 4.79 Å². The topological polar surface area (TPSA) is 122 Å². The molecule has 2 fully saturated rings. The summed E-state index contributed by atoms with van der Waals surface area (Å²) in [6.07, 6.45) is 0.620. The van der Waals surface area contributed by atoms with Crippen LogP contribution in [0.5, 0.6) is 0 Å². The Morgan fingerprint density at radius 3 is 2.50 bits per heavy atom. The molecule has 0 radical (unpaired) electrons. The number of carbonyl (C=O) groups excluding carboxylic acids is 3. The van der Waals surface area contributed by atoms with E-state index < -0.39 is 16.5 Å². The van der Waals surface area contributed by atoms with E-state index in [9.17, 15) is 24.5 Å². The molecule has 3 rings (SSSR count). The number of carbonyl (C=O) groups is 3. The number of imide groups is 1. The number of nitrogens with one attached hydrogen (secondary N) is 2. The lowest BCUT2D eigenvalue weighted by atomic mass is 9.87. The fraction of sp³-hybridized carbons (Fsp3) is 0.400. The zero-order valence-corrected chi connectivity index (χ0v) is 13.0. The van der Waals surface area contributed by atoms with Gasteiger partial charge >= 0.3 is 6.03 Å². The summed E-state index contributed by atoms with van der Waals surface area (Å²) in [4.78, 5) is 47.8. The van der Waals surface area contributed by atoms with Crippen LogP contribution >= 0.6 is 0 Å². The number of hydrogen-bond donors (Lipinski definition) is 2. The lowest BCUT2D eigenvalue weighted by molar-refractivity contribution is -0.385. The molecule has 2 aliphatic rings. The lowest BCUT2D eigenvalue weighted by Crippen LogP contribution is -2.55. The molecule has 126 valence electrons. The molecule has 2 heterocycles. The Balaban J connectivity index is 1.74. The highest BCUT2D eigenvalue weighted by atomic mass is 16.6. The molecule has 1 aromatic rings. The van der Waals surface area contributed by atoms with Crippen molar-refractivity contribution < 1.29 is 19.3 Å². The Morgan fingerprint density at radius 1 is 1.29 bits per heavy atom. The third-order valence-electron chi connectivity index (χ3n) is 4.57. The smallest absolute Gasteiger partial charge is 0.322 e. The summed E-state index contributed by atoms with van der Waals surface area (Å²) in [5, 5.41) is 15.8. The van der Waals surface area contributed by atoms with Gasteiger partial charge in [0.25, 0.3) is 17.5 Å². The third-order valence-corrected chi connectivity index (χ3v) is 4.57. The minimum absolute atomic E-state index is 0.100. The number of likely N-dealkylation sites (tertiary alicyclic amines) is 1. The van der Waals surface area contributed by atoms with Gasteiger partial charge in [0.15, 0.2) is 0 Å². The normalized spacial score (nSPS) is 19.1. The van der Waals surface area contributed by atoms with Crippen LogP contribution in [0.2, 0.25) is 0 Å². The van der Waals surface area contributed by atoms with Crippen LogP contribution in [-0.4, -0.2) is 46.3 Å². The van der Waals surface area contributed by atoms with E-state index in [1.807, 2.05) is 0 Å². The van der Waals surface area contributed by atoms with E-state index in [0.29, 0.717) is 18.4 Å². The average molecular weight is 332 g/mol. The molecule has 9 heteroatoms. The molecule has 1 spiro atoms. The van der Waals surface area contributed by atoms with Gasteiger partial charge in [-0.25, -0.2) is 4.79 Å². The molecule has 24 heavy (non-hydrogen) atoms. The molecule has 9 nitrogen and oxygen atoms in total. The van der Waals surface area contributed by atoms with Gasteiger partial charge in [0.2, 0.25) is 0 Å². The highest BCUT2D eigenvalue weighted by molar-refractivity contribution is 6.07. The summed E-state index contributed by atoms with van der Waals surface area (Å²) in [7, 11) is 0. The van der Waals surface area contributed by atoms with Crippen LogP contribution in [0.15, 0.2) is 18.2 Å². The maximum Gasteiger partial charge on any atom is 0.322 e. The molecule has 2 saturated heterocycles. The van der Waals surface area contributed by atoms with E-state index in [0.717, 1.165) is 0 Å². The Bertz CT molecular complexity index is 752. The monoisotopic (exact) mass is 332 g/mol. The highest BCUT2D eigenvalue weighted by Crippen LogP contribution is 2.27. The van der Waals surface area contributed by atoms with Gasteiger partial charge in [-0.1, -0.05) is 6.07 Å². The molecule has 2 N–H and O–H groups in total. The number of nitro groups is 1. The zero-order chi connectivity index (χ0) is 17.5. The second kappa shape index (κ2) is 5.59. The maximum absolute atomic E-state index is 12.6. The summed E-state index contributed by atoms with van der Waals surface area (Å²) in [5.74, 6) is -0.691. The molecular weight excluding hydrogens is 316 g/mol. The SMILES string of the molecule is Cc1ccc(C(=O)N2CCC3(CC2)NC(=O)NC3=O)cc1[N+](=O)[O-]. The largest absolute Gasteiger partial charge is 0.338 e. The van der Waals surface area contributed by atoms with E-state index in [2.05, 4.69) is 10.6 Å². The lowest BCUT2D eigenvalue weighted by Gasteiger charge is -2.37. The van der Waals surface area contributed by atoms with E-state index >= 15 is 0 Å². The van der Waals surface area contributed by atoms with Crippen molar-refractivity contribution >= 4 is 23.5 Å². The Hall–Kier alpha value is -2.97. The number of hydrogen-bond acceptors (Lipinski definition) is 5. The third kappa shape index (κ3) is 2.57. The van der Waals surface area contributed by atoms with Crippen molar-refractivity contribution in [3.63, 3.8) is 0 Å². The predicted octanol–water partition coefficient (Wildman–Crippen LogP) is 0.717. The van der Waals surface area contributed by atoms with Crippen LogP contribution in [0.4, 0.5) is 10.5 Å². The average Bonchev–Trinajstić information content (AvgIpc) is 2.81. The molecule has 0 atom stereocenters. The molecule has 2 aliphatic heterocycles. The molecule has 1 aromatic carbocycles. The van der Waals surface area contributed by atoms with Gasteiger partial charge in [-0.3, -0.25) is 25.0 Å². The van der Waals surface area contributed by atoms with Crippen molar-refractivity contribution in [1.82, 2.24) is 15.5 Å². The standard InChI is InChI=1S/C15H16N4O5/c1-9-2-3-10(8-11(9)19(23)24)12(20)18-6-4-15(5-7-18)13(21)16-14(22)17-15/h2-3,8H,4-7H2,1H3,(H2,16,17,21,22). The Labute approximate surface area is 137 Å². The molecule has 4 amide bonds. The van der Waals surface area contributed by atoms with Gasteiger partial charge in [0.05, 0.1) is 4.92 Å². The number of amides is 4. The zero-order valence-electron chi connectivity index (χ0n) is 13.0. The van der Waals surface area contributed by atoms with Gasteiger partial charge in [0.1, 0.15) is 5.54 Å². The van der Waals surface area contributed by atoms with Gasteiger partial charge in [0, 0.05) is 30.3 Å². The fourth-order valence-corrected chi connectivity index (χ4v) is 3.09. The first kappa shape index (κ1) is 15.9. The van der Waals surface area contributed by atoms with E-state index in [1.54, 1.807) is 19.1 Å². The molecule has 0 bridgehead atoms. The minimum atomic E-state index is -0.951. The number of nitrogens with zero attached hydrogens (tertiary/aromatic N) is 2. The van der Waals surface area contributed by atoms with Crippen LogP contribution in [0.1, 0.15) is 28.8 Å². The van der Waals surface area contributed by atoms with Gasteiger partial charge in [-0.2, -0.15) is 0 Å². The van der Waals surface area contributed by atoms with Gasteiger partial charge < -0.3 is 10.2 Å². The summed E-state index contributed by atoms with van der Waals surface area (Å²) >= 11 is 0. The summed E-state index contributed by atoms with van der Waals surface area (Å²) in [6, 6.07) is 3.85. The highest BCUT2D eigenvalue weighted by Gasteiger charge is 2.48. The first-order valence-electron chi connectivity index (χ1n) is 7.50.